The number of halogens is 3. The minimum absolute atomic E-state index is 0.123. The Morgan fingerprint density at radius 2 is 2.03 bits per heavy atom. The molecule has 160 valence electrons. The van der Waals surface area contributed by atoms with Crippen molar-refractivity contribution >= 4 is 17.6 Å². The number of carbonyl (C=O) groups excluding carboxylic acids is 1. The van der Waals surface area contributed by atoms with Gasteiger partial charge in [0.05, 0.1) is 12.1 Å². The van der Waals surface area contributed by atoms with Gasteiger partial charge in [0.2, 0.25) is 11.8 Å². The van der Waals surface area contributed by atoms with Crippen LogP contribution in [0.25, 0.3) is 0 Å². The van der Waals surface area contributed by atoms with Gasteiger partial charge < -0.3 is 9.32 Å². The first-order valence-corrected chi connectivity index (χ1v) is 9.49. The number of hydrogen-bond donors (Lipinski definition) is 1. The molecular weight excluding hydrogens is 399 g/mol. The first-order chi connectivity index (χ1) is 14.2. The lowest BCUT2D eigenvalue weighted by molar-refractivity contribution is -0.137. The fourth-order valence-electron chi connectivity index (χ4n) is 3.32. The van der Waals surface area contributed by atoms with Gasteiger partial charge in [-0.25, -0.2) is 4.98 Å². The van der Waals surface area contributed by atoms with E-state index < -0.39 is 11.7 Å². The first-order valence-electron chi connectivity index (χ1n) is 9.49. The van der Waals surface area contributed by atoms with Crippen molar-refractivity contribution in [2.24, 2.45) is 0 Å². The summed E-state index contributed by atoms with van der Waals surface area (Å²) in [5, 5.41) is 11.9. The Labute approximate surface area is 172 Å². The number of anilines is 2. The van der Waals surface area contributed by atoms with Gasteiger partial charge in [0, 0.05) is 37.9 Å². The predicted octanol–water partition coefficient (Wildman–Crippen LogP) is 3.33. The van der Waals surface area contributed by atoms with Crippen molar-refractivity contribution in [3.63, 3.8) is 0 Å². The molecule has 2 aromatic heterocycles. The van der Waals surface area contributed by atoms with E-state index in [4.69, 9.17) is 4.42 Å². The Balaban J connectivity index is 1.57. The van der Waals surface area contributed by atoms with E-state index in [2.05, 4.69) is 10.3 Å². The first kappa shape index (κ1) is 21.6. The minimum Gasteiger partial charge on any atom is -0.444 e. The number of rotatable bonds is 4. The Bertz CT molecular complexity index is 947. The zero-order chi connectivity index (χ0) is 21.9. The third kappa shape index (κ3) is 4.91. The predicted molar refractivity (Wildman–Crippen MR) is 104 cm³/mol. The number of aryl methyl sites for hydroxylation is 1. The number of nitriles is 1. The topological polar surface area (TPSA) is 85.4 Å². The standard InChI is InChI=1S/C20H22F3N5O2/c1-13-14(2)30-19(16(13)10-24)26-18(29)12-27-6-3-7-28(9-8-27)17-5-4-15(11-25-17)20(21,22)23/h4-5,11H,3,6-9,12H2,1-2H3,(H,26,29). The van der Waals surface area contributed by atoms with Crippen LogP contribution in [0.15, 0.2) is 22.7 Å². The van der Waals surface area contributed by atoms with Crippen molar-refractivity contribution < 1.29 is 22.4 Å². The van der Waals surface area contributed by atoms with E-state index in [0.29, 0.717) is 48.9 Å². The van der Waals surface area contributed by atoms with Gasteiger partial charge in [-0.3, -0.25) is 15.0 Å². The molecule has 0 atom stereocenters. The van der Waals surface area contributed by atoms with Crippen molar-refractivity contribution in [2.45, 2.75) is 26.4 Å². The van der Waals surface area contributed by atoms with Gasteiger partial charge in [0.1, 0.15) is 23.2 Å². The molecule has 0 aromatic carbocycles. The summed E-state index contributed by atoms with van der Waals surface area (Å²) >= 11 is 0. The van der Waals surface area contributed by atoms with Crippen LogP contribution in [0.5, 0.6) is 0 Å². The molecule has 30 heavy (non-hydrogen) atoms. The van der Waals surface area contributed by atoms with E-state index in [-0.39, 0.29) is 18.3 Å². The number of alkyl halides is 3. The maximum absolute atomic E-state index is 12.7. The zero-order valence-electron chi connectivity index (χ0n) is 16.7. The molecule has 3 rings (SSSR count). The molecule has 3 heterocycles. The van der Waals surface area contributed by atoms with Crippen LogP contribution in [0, 0.1) is 25.2 Å². The molecule has 0 spiro atoms. The summed E-state index contributed by atoms with van der Waals surface area (Å²) in [6.07, 6.45) is -2.84. The maximum Gasteiger partial charge on any atom is 0.417 e. The highest BCUT2D eigenvalue weighted by molar-refractivity contribution is 5.92. The van der Waals surface area contributed by atoms with Crippen LogP contribution < -0.4 is 10.2 Å². The van der Waals surface area contributed by atoms with E-state index >= 15 is 0 Å². The van der Waals surface area contributed by atoms with Crippen LogP contribution in [0.3, 0.4) is 0 Å². The molecule has 0 unspecified atom stereocenters. The number of hydrogen-bond acceptors (Lipinski definition) is 6. The summed E-state index contributed by atoms with van der Waals surface area (Å²) in [7, 11) is 0. The summed E-state index contributed by atoms with van der Waals surface area (Å²) in [6.45, 7) is 5.98. The van der Waals surface area contributed by atoms with Crippen LogP contribution in [0.2, 0.25) is 0 Å². The molecule has 1 aliphatic heterocycles. The van der Waals surface area contributed by atoms with Crippen molar-refractivity contribution in [2.75, 3.05) is 42.9 Å². The van der Waals surface area contributed by atoms with Crippen molar-refractivity contribution in [3.05, 3.63) is 40.8 Å². The number of carbonyl (C=O) groups is 1. The summed E-state index contributed by atoms with van der Waals surface area (Å²) in [4.78, 5) is 20.2. The van der Waals surface area contributed by atoms with Gasteiger partial charge in [-0.05, 0) is 32.4 Å². The SMILES string of the molecule is Cc1oc(NC(=O)CN2CCCN(c3ccc(C(F)(F)F)cn3)CC2)c(C#N)c1C. The zero-order valence-corrected chi connectivity index (χ0v) is 16.7. The molecule has 0 radical (unpaired) electrons. The molecule has 0 saturated carbocycles. The van der Waals surface area contributed by atoms with Gasteiger partial charge in [-0.1, -0.05) is 0 Å². The summed E-state index contributed by atoms with van der Waals surface area (Å²) < 4.78 is 43.6. The molecule has 1 fully saturated rings. The van der Waals surface area contributed by atoms with Gasteiger partial charge in [-0.15, -0.1) is 0 Å². The fraction of sp³-hybridized carbons (Fsp3) is 0.450. The van der Waals surface area contributed by atoms with Crippen LogP contribution in [-0.4, -0.2) is 48.5 Å². The van der Waals surface area contributed by atoms with Crippen molar-refractivity contribution in [3.8, 4) is 6.07 Å². The highest BCUT2D eigenvalue weighted by Gasteiger charge is 2.31. The number of aromatic nitrogens is 1. The molecule has 1 amide bonds. The highest BCUT2D eigenvalue weighted by atomic mass is 19.4. The number of furan rings is 1. The monoisotopic (exact) mass is 421 g/mol. The summed E-state index contributed by atoms with van der Waals surface area (Å²) in [5.41, 5.74) is 0.234. The van der Waals surface area contributed by atoms with Crippen LogP contribution in [0.1, 0.15) is 28.9 Å². The normalized spacial score (nSPS) is 15.5. The number of pyridine rings is 1. The second kappa shape index (κ2) is 8.75. The van der Waals surface area contributed by atoms with E-state index in [9.17, 15) is 23.2 Å². The number of nitrogens with one attached hydrogen (secondary N) is 1. The van der Waals surface area contributed by atoms with E-state index in [1.54, 1.807) is 13.8 Å². The molecule has 0 aliphatic carbocycles. The maximum atomic E-state index is 12.7. The average Bonchev–Trinajstić information content (AvgIpc) is 2.85. The third-order valence-electron chi connectivity index (χ3n) is 5.10. The second-order valence-corrected chi connectivity index (χ2v) is 7.17. The quantitative estimate of drug-likeness (QED) is 0.815. The third-order valence-corrected chi connectivity index (χ3v) is 5.10. The Morgan fingerprint density at radius 3 is 2.67 bits per heavy atom. The molecule has 1 aliphatic rings. The molecule has 1 saturated heterocycles. The van der Waals surface area contributed by atoms with E-state index in [1.165, 1.54) is 6.07 Å². The number of nitrogens with zero attached hydrogens (tertiary/aromatic N) is 4. The fourth-order valence-corrected chi connectivity index (χ4v) is 3.32. The second-order valence-electron chi connectivity index (χ2n) is 7.17. The largest absolute Gasteiger partial charge is 0.444 e. The van der Waals surface area contributed by atoms with Gasteiger partial charge in [0.15, 0.2) is 0 Å². The molecular formula is C20H22F3N5O2. The lowest BCUT2D eigenvalue weighted by atomic mass is 10.2. The highest BCUT2D eigenvalue weighted by Crippen LogP contribution is 2.29. The van der Waals surface area contributed by atoms with Crippen molar-refractivity contribution in [1.29, 1.82) is 5.26 Å². The lowest BCUT2D eigenvalue weighted by Gasteiger charge is -2.22. The minimum atomic E-state index is -4.41. The molecule has 10 heteroatoms. The average molecular weight is 421 g/mol. The van der Waals surface area contributed by atoms with E-state index in [0.717, 1.165) is 18.7 Å². The summed E-state index contributed by atoms with van der Waals surface area (Å²) in [6, 6.07) is 4.43. The molecule has 1 N–H and O–H groups in total. The smallest absolute Gasteiger partial charge is 0.417 e. The van der Waals surface area contributed by atoms with Crippen LogP contribution in [0.4, 0.5) is 24.9 Å². The molecule has 2 aromatic rings. The van der Waals surface area contributed by atoms with Crippen LogP contribution in [-0.2, 0) is 11.0 Å². The molecule has 0 bridgehead atoms. The van der Waals surface area contributed by atoms with Gasteiger partial charge >= 0.3 is 6.18 Å². The Kier molecular flexibility index (Phi) is 6.31. The van der Waals surface area contributed by atoms with Crippen LogP contribution >= 0.6 is 0 Å². The van der Waals surface area contributed by atoms with E-state index in [1.807, 2.05) is 15.9 Å². The number of amides is 1. The Hall–Kier alpha value is -3.06. The molecule has 7 nitrogen and oxygen atoms in total. The Morgan fingerprint density at radius 1 is 1.27 bits per heavy atom. The van der Waals surface area contributed by atoms with Gasteiger partial charge in [-0.2, -0.15) is 18.4 Å². The lowest BCUT2D eigenvalue weighted by Crippen LogP contribution is -2.36. The van der Waals surface area contributed by atoms with Crippen molar-refractivity contribution in [1.82, 2.24) is 9.88 Å². The summed E-state index contributed by atoms with van der Waals surface area (Å²) in [5.74, 6) is 0.926. The van der Waals surface area contributed by atoms with Gasteiger partial charge in [0.25, 0.3) is 0 Å².